The van der Waals surface area contributed by atoms with E-state index in [1.807, 2.05) is 36.5 Å². The van der Waals surface area contributed by atoms with E-state index in [2.05, 4.69) is 138 Å². The fraction of sp³-hybridized carbons (Fsp3) is 0.0870. The maximum absolute atomic E-state index is 4.29. The van der Waals surface area contributed by atoms with Crippen molar-refractivity contribution in [2.45, 2.75) is 26.7 Å². The summed E-state index contributed by atoms with van der Waals surface area (Å²) < 4.78 is 0. The first-order valence-electron chi connectivity index (χ1n) is 15.8. The number of rotatable bonds is 11. The van der Waals surface area contributed by atoms with E-state index >= 15 is 0 Å². The first-order chi connectivity index (χ1) is 22.4. The second kappa shape index (κ2) is 14.1. The first kappa shape index (κ1) is 31.9. The van der Waals surface area contributed by atoms with Gasteiger partial charge in [0, 0.05) is 0 Å². The number of hydrogen-bond donors (Lipinski definition) is 0. The molecular weight excluding hydrogens is 553 g/mol. The predicted molar refractivity (Wildman–Crippen MR) is 208 cm³/mol. The van der Waals surface area contributed by atoms with Crippen molar-refractivity contribution < 1.29 is 0 Å². The fourth-order valence-electron chi connectivity index (χ4n) is 6.70. The molecule has 0 amide bonds. The van der Waals surface area contributed by atoms with Gasteiger partial charge < -0.3 is 0 Å². The van der Waals surface area contributed by atoms with E-state index in [9.17, 15) is 0 Å². The zero-order valence-corrected chi connectivity index (χ0v) is 27.2. The van der Waals surface area contributed by atoms with E-state index < -0.39 is 0 Å². The lowest BCUT2D eigenvalue weighted by Crippen LogP contribution is -2.06. The van der Waals surface area contributed by atoms with Crippen LogP contribution in [-0.4, -0.2) is 0 Å². The molecule has 0 saturated carbocycles. The second-order valence-corrected chi connectivity index (χ2v) is 11.5. The van der Waals surface area contributed by atoms with Crippen molar-refractivity contribution in [3.05, 3.63) is 180 Å². The summed E-state index contributed by atoms with van der Waals surface area (Å²) in [5, 5.41) is 0. The lowest BCUT2D eigenvalue weighted by molar-refractivity contribution is 0.987. The molecule has 0 bridgehead atoms. The number of allylic oxidation sites excluding steroid dienone is 6. The SMILES string of the molecule is C=C/C(=C\C=C(/C)c1cccc(C)c1C=C)c1ccc(-c2c(C=C)c(C=C)c(-c3cccc(C=C)c3C=C)c3c2CCC=C3)cc1. The molecule has 0 spiro atoms. The largest absolute Gasteiger partial charge is 0.0984 e. The monoisotopic (exact) mass is 594 g/mol. The lowest BCUT2D eigenvalue weighted by Gasteiger charge is -2.26. The van der Waals surface area contributed by atoms with Crippen molar-refractivity contribution in [2.24, 2.45) is 0 Å². The van der Waals surface area contributed by atoms with Crippen LogP contribution in [0.1, 0.15) is 69.0 Å². The number of benzene rings is 4. The average Bonchev–Trinajstić information content (AvgIpc) is 3.10. The van der Waals surface area contributed by atoms with Gasteiger partial charge in [0.25, 0.3) is 0 Å². The second-order valence-electron chi connectivity index (χ2n) is 11.5. The van der Waals surface area contributed by atoms with Gasteiger partial charge >= 0.3 is 0 Å². The normalized spacial score (nSPS) is 12.7. The van der Waals surface area contributed by atoms with Gasteiger partial charge in [-0.05, 0) is 116 Å². The van der Waals surface area contributed by atoms with E-state index in [4.69, 9.17) is 0 Å². The summed E-state index contributed by atoms with van der Waals surface area (Å²) in [6.45, 7) is 29.2. The van der Waals surface area contributed by atoms with Gasteiger partial charge in [-0.15, -0.1) is 0 Å². The maximum atomic E-state index is 4.29. The van der Waals surface area contributed by atoms with Crippen molar-refractivity contribution in [1.29, 1.82) is 0 Å². The van der Waals surface area contributed by atoms with E-state index in [0.717, 1.165) is 57.4 Å². The Labute approximate surface area is 275 Å². The van der Waals surface area contributed by atoms with Crippen molar-refractivity contribution in [3.63, 3.8) is 0 Å². The molecular formula is C46H42. The predicted octanol–water partition coefficient (Wildman–Crippen LogP) is 13.2. The molecule has 0 heteroatoms. The van der Waals surface area contributed by atoms with Crippen LogP contribution in [0, 0.1) is 6.92 Å². The summed E-state index contributed by atoms with van der Waals surface area (Å²) in [5.74, 6) is 0. The van der Waals surface area contributed by atoms with Crippen LogP contribution in [0.3, 0.4) is 0 Å². The third kappa shape index (κ3) is 5.83. The lowest BCUT2D eigenvalue weighted by atomic mass is 9.77. The third-order valence-corrected chi connectivity index (χ3v) is 9.00. The highest BCUT2D eigenvalue weighted by atomic mass is 14.3. The van der Waals surface area contributed by atoms with Crippen LogP contribution in [0.25, 0.3) is 69.9 Å². The molecule has 4 aromatic rings. The van der Waals surface area contributed by atoms with Crippen molar-refractivity contribution in [3.8, 4) is 22.3 Å². The average molecular weight is 595 g/mol. The van der Waals surface area contributed by atoms with Gasteiger partial charge in [0.2, 0.25) is 0 Å². The molecule has 0 saturated heterocycles. The Kier molecular flexibility index (Phi) is 9.79. The van der Waals surface area contributed by atoms with Crippen LogP contribution >= 0.6 is 0 Å². The van der Waals surface area contributed by atoms with Gasteiger partial charge in [0.1, 0.15) is 0 Å². The molecule has 1 aliphatic rings. The molecule has 0 atom stereocenters. The van der Waals surface area contributed by atoms with Gasteiger partial charge in [-0.25, -0.2) is 0 Å². The fourth-order valence-corrected chi connectivity index (χ4v) is 6.70. The number of aryl methyl sites for hydroxylation is 1. The standard InChI is InChI=1S/C46H42/c1-9-33(26-25-32(8)41-23-17-19-31(7)37(41)11-3)35-27-29-36(30-28-35)45-39(13-5)40(14-6)46(44-22-16-15-21-43(44)45)42-24-18-20-34(10-2)38(42)12-4/h9-14,16-20,22-30H,1-6,15,21H2,7-8H3/b32-25+,33-26+. The van der Waals surface area contributed by atoms with E-state index in [-0.39, 0.29) is 0 Å². The Balaban J connectivity index is 1.64. The van der Waals surface area contributed by atoms with Crippen LogP contribution in [0.15, 0.2) is 124 Å². The highest BCUT2D eigenvalue weighted by Crippen LogP contribution is 2.45. The molecule has 0 nitrogen and oxygen atoms in total. The maximum Gasteiger partial charge on any atom is -0.00237 e. The molecule has 0 N–H and O–H groups in total. The number of fused-ring (bicyclic) bond motifs is 1. The zero-order chi connectivity index (χ0) is 32.8. The van der Waals surface area contributed by atoms with Crippen molar-refractivity contribution in [1.82, 2.24) is 0 Å². The van der Waals surface area contributed by atoms with Crippen LogP contribution < -0.4 is 0 Å². The van der Waals surface area contributed by atoms with Crippen molar-refractivity contribution >= 4 is 47.6 Å². The molecule has 1 aliphatic carbocycles. The summed E-state index contributed by atoms with van der Waals surface area (Å²) in [4.78, 5) is 0. The third-order valence-electron chi connectivity index (χ3n) is 9.00. The molecule has 0 unspecified atom stereocenters. The molecule has 226 valence electrons. The van der Waals surface area contributed by atoms with E-state index in [0.29, 0.717) is 0 Å². The highest BCUT2D eigenvalue weighted by Gasteiger charge is 2.24. The topological polar surface area (TPSA) is 0 Å². The Hall–Kier alpha value is -5.46. The van der Waals surface area contributed by atoms with Crippen molar-refractivity contribution in [2.75, 3.05) is 0 Å². The summed E-state index contributed by atoms with van der Waals surface area (Å²) in [7, 11) is 0. The summed E-state index contributed by atoms with van der Waals surface area (Å²) in [5.41, 5.74) is 18.5. The molecule has 0 heterocycles. The molecule has 0 fully saturated rings. The van der Waals surface area contributed by atoms with Gasteiger partial charge in [-0.1, -0.05) is 161 Å². The first-order valence-corrected chi connectivity index (χ1v) is 15.8. The summed E-state index contributed by atoms with van der Waals surface area (Å²) in [6.07, 6.45) is 22.4. The van der Waals surface area contributed by atoms with Gasteiger partial charge in [0.15, 0.2) is 0 Å². The molecule has 4 aromatic carbocycles. The van der Waals surface area contributed by atoms with Crippen LogP contribution in [0.2, 0.25) is 0 Å². The van der Waals surface area contributed by atoms with E-state index in [1.54, 1.807) is 0 Å². The van der Waals surface area contributed by atoms with E-state index in [1.165, 1.54) is 44.5 Å². The Morgan fingerprint density at radius 2 is 1.35 bits per heavy atom. The highest BCUT2D eigenvalue weighted by molar-refractivity contribution is 5.98. The minimum atomic E-state index is 0.951. The van der Waals surface area contributed by atoms with Crippen LogP contribution in [0.4, 0.5) is 0 Å². The van der Waals surface area contributed by atoms with Gasteiger partial charge in [-0.3, -0.25) is 0 Å². The number of hydrogen-bond acceptors (Lipinski definition) is 0. The van der Waals surface area contributed by atoms with Gasteiger partial charge in [0.05, 0.1) is 0 Å². The molecule has 46 heavy (non-hydrogen) atoms. The molecule has 0 aliphatic heterocycles. The van der Waals surface area contributed by atoms with Gasteiger partial charge in [-0.2, -0.15) is 0 Å². The summed E-state index contributed by atoms with van der Waals surface area (Å²) in [6, 6.07) is 21.5. The molecule has 0 aromatic heterocycles. The summed E-state index contributed by atoms with van der Waals surface area (Å²) >= 11 is 0. The Morgan fingerprint density at radius 1 is 0.674 bits per heavy atom. The smallest absolute Gasteiger partial charge is 0.00237 e. The van der Waals surface area contributed by atoms with Crippen LogP contribution in [-0.2, 0) is 6.42 Å². The minimum Gasteiger partial charge on any atom is -0.0984 e. The molecule has 0 radical (unpaired) electrons. The zero-order valence-electron chi connectivity index (χ0n) is 27.2. The Morgan fingerprint density at radius 3 is 2.00 bits per heavy atom. The Bertz CT molecular complexity index is 1980. The van der Waals surface area contributed by atoms with Crippen LogP contribution in [0.5, 0.6) is 0 Å². The minimum absolute atomic E-state index is 0.951. The molecule has 5 rings (SSSR count). The quantitative estimate of drug-likeness (QED) is 0.152.